The molecule has 0 radical (unpaired) electrons. The molecule has 2 aliphatic rings. The van der Waals surface area contributed by atoms with E-state index in [9.17, 15) is 4.79 Å². The summed E-state index contributed by atoms with van der Waals surface area (Å²) in [7, 11) is 0. The van der Waals surface area contributed by atoms with Gasteiger partial charge in [0, 0.05) is 12.1 Å². The highest BCUT2D eigenvalue weighted by molar-refractivity contribution is 5.85. The maximum absolute atomic E-state index is 12.4. The standard InChI is InChI=1S/C15H28N2O.ClH/c1-4-11(2)12(3)17(14-7-8-14)15(18)10-16-9-13-5-6-13;/h11-14,16H,4-10H2,1-3H3;1H. The van der Waals surface area contributed by atoms with E-state index in [2.05, 4.69) is 31.0 Å². The molecule has 2 saturated carbocycles. The highest BCUT2D eigenvalue weighted by atomic mass is 35.5. The first kappa shape index (κ1) is 16.8. The van der Waals surface area contributed by atoms with Crippen LogP contribution in [0.15, 0.2) is 0 Å². The molecule has 0 aliphatic heterocycles. The van der Waals surface area contributed by atoms with Crippen LogP contribution >= 0.6 is 12.4 Å². The lowest BCUT2D eigenvalue weighted by molar-refractivity contribution is -0.134. The summed E-state index contributed by atoms with van der Waals surface area (Å²) in [5.41, 5.74) is 0. The van der Waals surface area contributed by atoms with Gasteiger partial charge in [0.15, 0.2) is 0 Å². The Morgan fingerprint density at radius 1 is 1.26 bits per heavy atom. The average molecular weight is 289 g/mol. The molecule has 0 aromatic heterocycles. The Hall–Kier alpha value is -0.280. The normalized spacial score (nSPS) is 21.4. The molecule has 0 spiro atoms. The van der Waals surface area contributed by atoms with Crippen molar-refractivity contribution < 1.29 is 4.79 Å². The topological polar surface area (TPSA) is 32.3 Å². The van der Waals surface area contributed by atoms with E-state index in [1.807, 2.05) is 0 Å². The van der Waals surface area contributed by atoms with Gasteiger partial charge in [0.25, 0.3) is 0 Å². The molecule has 0 aromatic rings. The van der Waals surface area contributed by atoms with E-state index >= 15 is 0 Å². The van der Waals surface area contributed by atoms with Crippen LogP contribution in [0, 0.1) is 11.8 Å². The Morgan fingerprint density at radius 3 is 2.37 bits per heavy atom. The minimum absolute atomic E-state index is 0. The fourth-order valence-corrected chi connectivity index (χ4v) is 2.53. The summed E-state index contributed by atoms with van der Waals surface area (Å²) in [6.07, 6.45) is 6.24. The number of nitrogens with zero attached hydrogens (tertiary/aromatic N) is 1. The van der Waals surface area contributed by atoms with Crippen LogP contribution in [0.4, 0.5) is 0 Å². The molecule has 2 unspecified atom stereocenters. The number of carbonyl (C=O) groups is 1. The SMILES string of the molecule is CCC(C)C(C)N(C(=O)CNCC1CC1)C1CC1.Cl. The zero-order valence-electron chi connectivity index (χ0n) is 12.5. The quantitative estimate of drug-likeness (QED) is 0.745. The van der Waals surface area contributed by atoms with Gasteiger partial charge in [0.2, 0.25) is 5.91 Å². The lowest BCUT2D eigenvalue weighted by Gasteiger charge is -2.33. The van der Waals surface area contributed by atoms with Crippen LogP contribution in [0.5, 0.6) is 0 Å². The molecule has 2 atom stereocenters. The Kier molecular flexibility index (Phi) is 6.61. The number of amides is 1. The van der Waals surface area contributed by atoms with Gasteiger partial charge in [-0.15, -0.1) is 12.4 Å². The number of carbonyl (C=O) groups excluding carboxylic acids is 1. The van der Waals surface area contributed by atoms with Crippen LogP contribution in [-0.4, -0.2) is 36.0 Å². The maximum atomic E-state index is 12.4. The predicted octanol–water partition coefficient (Wildman–Crippen LogP) is 2.83. The van der Waals surface area contributed by atoms with E-state index in [-0.39, 0.29) is 12.4 Å². The monoisotopic (exact) mass is 288 g/mol. The van der Waals surface area contributed by atoms with Gasteiger partial charge in [0.1, 0.15) is 0 Å². The molecule has 112 valence electrons. The molecular formula is C15H29ClN2O. The minimum Gasteiger partial charge on any atom is -0.336 e. The van der Waals surface area contributed by atoms with Crippen LogP contribution in [0.3, 0.4) is 0 Å². The second-order valence-corrected chi connectivity index (χ2v) is 6.23. The highest BCUT2D eigenvalue weighted by Gasteiger charge is 2.36. The Balaban J connectivity index is 0.00000180. The zero-order chi connectivity index (χ0) is 13.1. The fourth-order valence-electron chi connectivity index (χ4n) is 2.53. The van der Waals surface area contributed by atoms with Crippen molar-refractivity contribution >= 4 is 18.3 Å². The van der Waals surface area contributed by atoms with Gasteiger partial charge in [-0.3, -0.25) is 4.79 Å². The summed E-state index contributed by atoms with van der Waals surface area (Å²) in [5.74, 6) is 1.75. The van der Waals surface area contributed by atoms with Crippen molar-refractivity contribution in [3.63, 3.8) is 0 Å². The van der Waals surface area contributed by atoms with Crippen molar-refractivity contribution in [1.82, 2.24) is 10.2 Å². The van der Waals surface area contributed by atoms with E-state index < -0.39 is 0 Å². The van der Waals surface area contributed by atoms with Crippen LogP contribution in [0.25, 0.3) is 0 Å². The third-order valence-corrected chi connectivity index (χ3v) is 4.54. The van der Waals surface area contributed by atoms with Crippen molar-refractivity contribution in [2.45, 2.75) is 65.0 Å². The van der Waals surface area contributed by atoms with Gasteiger partial charge >= 0.3 is 0 Å². The number of hydrogen-bond donors (Lipinski definition) is 1. The van der Waals surface area contributed by atoms with Gasteiger partial charge in [0.05, 0.1) is 6.54 Å². The summed E-state index contributed by atoms with van der Waals surface area (Å²) < 4.78 is 0. The van der Waals surface area contributed by atoms with Crippen LogP contribution in [0.2, 0.25) is 0 Å². The molecule has 2 fully saturated rings. The van der Waals surface area contributed by atoms with Crippen LogP contribution in [0.1, 0.15) is 52.9 Å². The maximum Gasteiger partial charge on any atom is 0.237 e. The summed E-state index contributed by atoms with van der Waals surface area (Å²) in [6, 6.07) is 0.918. The van der Waals surface area contributed by atoms with Gasteiger partial charge < -0.3 is 10.2 Å². The van der Waals surface area contributed by atoms with Crippen molar-refractivity contribution in [3.8, 4) is 0 Å². The minimum atomic E-state index is 0. The van der Waals surface area contributed by atoms with E-state index in [0.717, 1.165) is 18.9 Å². The Morgan fingerprint density at radius 2 is 1.89 bits per heavy atom. The molecule has 2 aliphatic carbocycles. The molecular weight excluding hydrogens is 260 g/mol. The predicted molar refractivity (Wildman–Crippen MR) is 81.6 cm³/mol. The first-order valence-corrected chi connectivity index (χ1v) is 7.65. The summed E-state index contributed by atoms with van der Waals surface area (Å²) >= 11 is 0. The van der Waals surface area contributed by atoms with Gasteiger partial charge in [-0.1, -0.05) is 20.3 Å². The third kappa shape index (κ3) is 4.96. The summed E-state index contributed by atoms with van der Waals surface area (Å²) in [4.78, 5) is 14.5. The molecule has 2 rings (SSSR count). The van der Waals surface area contributed by atoms with Crippen LogP contribution < -0.4 is 5.32 Å². The molecule has 1 N–H and O–H groups in total. The van der Waals surface area contributed by atoms with Crippen molar-refractivity contribution in [2.24, 2.45) is 11.8 Å². The molecule has 4 heteroatoms. The zero-order valence-corrected chi connectivity index (χ0v) is 13.3. The number of rotatable bonds is 8. The van der Waals surface area contributed by atoms with E-state index in [0.29, 0.717) is 30.5 Å². The first-order chi connectivity index (χ1) is 8.63. The molecule has 0 aromatic carbocycles. The largest absolute Gasteiger partial charge is 0.336 e. The number of hydrogen-bond acceptors (Lipinski definition) is 2. The summed E-state index contributed by atoms with van der Waals surface area (Å²) in [6.45, 7) is 8.24. The van der Waals surface area contributed by atoms with Gasteiger partial charge in [-0.2, -0.15) is 0 Å². The summed E-state index contributed by atoms with van der Waals surface area (Å²) in [5, 5.41) is 3.33. The number of nitrogens with one attached hydrogen (secondary N) is 1. The Labute approximate surface area is 123 Å². The highest BCUT2D eigenvalue weighted by Crippen LogP contribution is 2.31. The average Bonchev–Trinajstić information content (AvgIpc) is 3.21. The van der Waals surface area contributed by atoms with E-state index in [4.69, 9.17) is 0 Å². The van der Waals surface area contributed by atoms with Crippen molar-refractivity contribution in [1.29, 1.82) is 0 Å². The van der Waals surface area contributed by atoms with E-state index in [1.54, 1.807) is 0 Å². The van der Waals surface area contributed by atoms with Gasteiger partial charge in [-0.25, -0.2) is 0 Å². The lowest BCUT2D eigenvalue weighted by Crippen LogP contribution is -2.47. The smallest absolute Gasteiger partial charge is 0.237 e. The molecule has 0 saturated heterocycles. The molecule has 3 nitrogen and oxygen atoms in total. The third-order valence-electron chi connectivity index (χ3n) is 4.54. The first-order valence-electron chi connectivity index (χ1n) is 7.65. The number of halogens is 1. The fraction of sp³-hybridized carbons (Fsp3) is 0.933. The van der Waals surface area contributed by atoms with Crippen molar-refractivity contribution in [2.75, 3.05) is 13.1 Å². The Bertz CT molecular complexity index is 290. The van der Waals surface area contributed by atoms with Crippen molar-refractivity contribution in [3.05, 3.63) is 0 Å². The van der Waals surface area contributed by atoms with E-state index in [1.165, 1.54) is 25.7 Å². The van der Waals surface area contributed by atoms with Gasteiger partial charge in [-0.05, 0) is 51.0 Å². The second kappa shape index (κ2) is 7.49. The molecule has 1 amide bonds. The van der Waals surface area contributed by atoms with Crippen LogP contribution in [-0.2, 0) is 4.79 Å². The molecule has 0 heterocycles. The molecule has 0 bridgehead atoms. The molecule has 19 heavy (non-hydrogen) atoms. The lowest BCUT2D eigenvalue weighted by atomic mass is 9.99. The second-order valence-electron chi connectivity index (χ2n) is 6.23.